The van der Waals surface area contributed by atoms with Crippen molar-refractivity contribution >= 4 is 35.0 Å². The Kier molecular flexibility index (Phi) is 7.35. The van der Waals surface area contributed by atoms with E-state index in [0.29, 0.717) is 40.5 Å². The van der Waals surface area contributed by atoms with Crippen molar-refractivity contribution in [2.75, 3.05) is 83.5 Å². The fourth-order valence-corrected chi connectivity index (χ4v) is 6.37. The van der Waals surface area contributed by atoms with Crippen LogP contribution in [0.4, 0.5) is 11.8 Å². The van der Waals surface area contributed by atoms with Gasteiger partial charge in [-0.3, -0.25) is 0 Å². The number of halogens is 1. The second kappa shape index (κ2) is 10.9. The summed E-state index contributed by atoms with van der Waals surface area (Å²) in [6.07, 6.45) is 7.39. The van der Waals surface area contributed by atoms with E-state index in [1.807, 2.05) is 18.3 Å². The van der Waals surface area contributed by atoms with Crippen molar-refractivity contribution in [3.05, 3.63) is 34.5 Å². The predicted molar refractivity (Wildman–Crippen MR) is 150 cm³/mol. The van der Waals surface area contributed by atoms with Gasteiger partial charge in [0.05, 0.1) is 32.5 Å². The molecule has 3 aliphatic heterocycles. The molecule has 2 aromatic rings. The van der Waals surface area contributed by atoms with E-state index in [9.17, 15) is 0 Å². The van der Waals surface area contributed by atoms with Gasteiger partial charge in [0, 0.05) is 74.1 Å². The summed E-state index contributed by atoms with van der Waals surface area (Å²) in [5.41, 5.74) is 3.40. The average Bonchev–Trinajstić information content (AvgIpc) is 2.90. The minimum Gasteiger partial charge on any atom is -0.497 e. The monoisotopic (exact) mass is 540 g/mol. The zero-order valence-corrected chi connectivity index (χ0v) is 23.0. The highest BCUT2D eigenvalue weighted by molar-refractivity contribution is 6.34. The van der Waals surface area contributed by atoms with Gasteiger partial charge in [0.1, 0.15) is 17.3 Å². The third kappa shape index (κ3) is 5.17. The van der Waals surface area contributed by atoms with Crippen LogP contribution in [0.1, 0.15) is 30.4 Å². The van der Waals surface area contributed by atoms with Crippen LogP contribution < -0.4 is 25.0 Å². The van der Waals surface area contributed by atoms with Crippen molar-refractivity contribution in [1.82, 2.24) is 20.2 Å². The van der Waals surface area contributed by atoms with Crippen molar-refractivity contribution in [1.29, 1.82) is 0 Å². The summed E-state index contributed by atoms with van der Waals surface area (Å²) in [5.74, 6) is 2.99. The molecule has 6 rings (SSSR count). The number of rotatable bonds is 9. The summed E-state index contributed by atoms with van der Waals surface area (Å²) in [4.78, 5) is 14.6. The molecule has 2 N–H and O–H groups in total. The number of nitrogens with zero attached hydrogens (tertiary/aromatic N) is 4. The lowest BCUT2D eigenvalue weighted by Crippen LogP contribution is -2.56. The molecule has 1 aromatic carbocycles. The van der Waals surface area contributed by atoms with Crippen molar-refractivity contribution < 1.29 is 14.2 Å². The maximum atomic E-state index is 6.79. The summed E-state index contributed by atoms with van der Waals surface area (Å²) >= 11 is 6.79. The van der Waals surface area contributed by atoms with E-state index in [2.05, 4.69) is 31.5 Å². The predicted octanol–water partition coefficient (Wildman–Crippen LogP) is 3.39. The van der Waals surface area contributed by atoms with Crippen LogP contribution in [0.15, 0.2) is 18.3 Å². The van der Waals surface area contributed by atoms with Crippen molar-refractivity contribution in [3.8, 4) is 11.5 Å². The SMILES string of the molecule is COc1cc(OC)c(Cl)c(C2=Cc3cnc(NC4CC5(COC5)C4)nc3N(CCCN3CCNCC3)C2)c1. The molecule has 0 unspecified atom stereocenters. The lowest BCUT2D eigenvalue weighted by atomic mass is 9.64. The van der Waals surface area contributed by atoms with E-state index in [1.54, 1.807) is 14.2 Å². The lowest BCUT2D eigenvalue weighted by Gasteiger charge is -2.53. The molecule has 38 heavy (non-hydrogen) atoms. The molecule has 2 saturated heterocycles. The lowest BCUT2D eigenvalue weighted by molar-refractivity contribution is -0.160. The van der Waals surface area contributed by atoms with Gasteiger partial charge in [0.25, 0.3) is 0 Å². The van der Waals surface area contributed by atoms with Crippen LogP contribution in [0.3, 0.4) is 0 Å². The minimum absolute atomic E-state index is 0.399. The normalized spacial score (nSPS) is 20.8. The van der Waals surface area contributed by atoms with Crippen LogP contribution in [0.2, 0.25) is 5.02 Å². The molecule has 0 bridgehead atoms. The molecule has 1 saturated carbocycles. The molecule has 9 nitrogen and oxygen atoms in total. The number of aromatic nitrogens is 2. The molecular weight excluding hydrogens is 504 g/mol. The van der Waals surface area contributed by atoms with Crippen molar-refractivity contribution in [3.63, 3.8) is 0 Å². The topological polar surface area (TPSA) is 84.0 Å². The summed E-state index contributed by atoms with van der Waals surface area (Å²) in [6.45, 7) is 8.78. The highest BCUT2D eigenvalue weighted by Crippen LogP contribution is 2.48. The van der Waals surface area contributed by atoms with Crippen LogP contribution in [0.5, 0.6) is 11.5 Å². The van der Waals surface area contributed by atoms with E-state index >= 15 is 0 Å². The van der Waals surface area contributed by atoms with Gasteiger partial charge >= 0.3 is 0 Å². The third-order valence-corrected chi connectivity index (χ3v) is 8.61. The molecule has 0 atom stereocenters. The Bertz CT molecular complexity index is 1190. The number of benzene rings is 1. The summed E-state index contributed by atoms with van der Waals surface area (Å²) in [5, 5.41) is 7.59. The number of hydrogen-bond donors (Lipinski definition) is 2. The van der Waals surface area contributed by atoms with E-state index in [4.69, 9.17) is 30.8 Å². The molecule has 4 aliphatic rings. The molecule has 1 aliphatic carbocycles. The number of fused-ring (bicyclic) bond motifs is 1. The summed E-state index contributed by atoms with van der Waals surface area (Å²) < 4.78 is 16.5. The Balaban J connectivity index is 1.25. The zero-order valence-electron chi connectivity index (χ0n) is 22.3. The number of hydrogen-bond acceptors (Lipinski definition) is 9. The first-order valence-corrected chi connectivity index (χ1v) is 14.0. The summed E-state index contributed by atoms with van der Waals surface area (Å²) in [6, 6.07) is 4.21. The fourth-order valence-electron chi connectivity index (χ4n) is 6.06. The molecule has 1 spiro atoms. The molecule has 10 heteroatoms. The minimum atomic E-state index is 0.399. The second-order valence-corrected chi connectivity index (χ2v) is 11.3. The molecule has 0 radical (unpaired) electrons. The quantitative estimate of drug-likeness (QED) is 0.497. The van der Waals surface area contributed by atoms with Crippen LogP contribution in [-0.2, 0) is 4.74 Å². The average molecular weight is 541 g/mol. The van der Waals surface area contributed by atoms with Gasteiger partial charge in [-0.25, -0.2) is 4.98 Å². The van der Waals surface area contributed by atoms with Crippen LogP contribution >= 0.6 is 11.6 Å². The molecule has 3 fully saturated rings. The molecule has 0 amide bonds. The van der Waals surface area contributed by atoms with Gasteiger partial charge in [0.2, 0.25) is 5.95 Å². The van der Waals surface area contributed by atoms with Gasteiger partial charge in [-0.15, -0.1) is 0 Å². The number of piperazine rings is 1. The Morgan fingerprint density at radius 1 is 1.16 bits per heavy atom. The molecule has 204 valence electrons. The van der Waals surface area contributed by atoms with Crippen LogP contribution in [0.25, 0.3) is 11.6 Å². The maximum Gasteiger partial charge on any atom is 0.224 e. The standard InChI is InChI=1S/C28H37ClN6O3/c1-36-22-11-23(25(29)24(12-22)37-2)20-10-19-15-31-27(32-21-13-28(14-21)17-38-18-28)33-26(19)35(16-20)7-3-6-34-8-4-30-5-9-34/h10-12,15,21,30H,3-9,13-14,16-18H2,1-2H3,(H,31,32,33). The third-order valence-electron chi connectivity index (χ3n) is 8.22. The first-order valence-electron chi connectivity index (χ1n) is 13.6. The number of anilines is 2. The number of methoxy groups -OCH3 is 2. The smallest absolute Gasteiger partial charge is 0.224 e. The van der Waals surface area contributed by atoms with Gasteiger partial charge in [-0.05, 0) is 43.5 Å². The Morgan fingerprint density at radius 2 is 1.97 bits per heavy atom. The molecule has 1 aromatic heterocycles. The highest BCUT2D eigenvalue weighted by atomic mass is 35.5. The van der Waals surface area contributed by atoms with E-state index in [-0.39, 0.29) is 0 Å². The first kappa shape index (κ1) is 25.7. The molecular formula is C28H37ClN6O3. The van der Waals surface area contributed by atoms with Gasteiger partial charge in [-0.2, -0.15) is 4.98 Å². The van der Waals surface area contributed by atoms with E-state index < -0.39 is 0 Å². The largest absolute Gasteiger partial charge is 0.497 e. The Labute approximate surface area is 229 Å². The number of ether oxygens (including phenoxy) is 3. The first-order chi connectivity index (χ1) is 18.6. The fraction of sp³-hybridized carbons (Fsp3) is 0.571. The van der Waals surface area contributed by atoms with E-state index in [1.165, 1.54) is 0 Å². The van der Waals surface area contributed by atoms with E-state index in [0.717, 1.165) is 94.3 Å². The summed E-state index contributed by atoms with van der Waals surface area (Å²) in [7, 11) is 3.28. The Morgan fingerprint density at radius 3 is 2.68 bits per heavy atom. The van der Waals surface area contributed by atoms with Crippen molar-refractivity contribution in [2.45, 2.75) is 25.3 Å². The molecule has 4 heterocycles. The van der Waals surface area contributed by atoms with Gasteiger partial charge < -0.3 is 34.6 Å². The van der Waals surface area contributed by atoms with Crippen LogP contribution in [-0.4, -0.2) is 94.2 Å². The Hall–Kier alpha value is -2.59. The maximum absolute atomic E-state index is 6.79. The van der Waals surface area contributed by atoms with Crippen LogP contribution in [0, 0.1) is 5.41 Å². The number of nitrogens with one attached hydrogen (secondary N) is 2. The second-order valence-electron chi connectivity index (χ2n) is 10.9. The van der Waals surface area contributed by atoms with Gasteiger partial charge in [0.15, 0.2) is 0 Å². The van der Waals surface area contributed by atoms with Crippen molar-refractivity contribution in [2.24, 2.45) is 5.41 Å². The van der Waals surface area contributed by atoms with Gasteiger partial charge in [-0.1, -0.05) is 11.6 Å². The highest BCUT2D eigenvalue weighted by Gasteiger charge is 2.50. The zero-order chi connectivity index (χ0) is 26.1.